The smallest absolute Gasteiger partial charge is 0.306 e. The van der Waals surface area contributed by atoms with Crippen molar-refractivity contribution in [2.24, 2.45) is 0 Å². The molecule has 20 heavy (non-hydrogen) atoms. The summed E-state index contributed by atoms with van der Waals surface area (Å²) in [7, 11) is 0. The Morgan fingerprint density at radius 3 is 1.60 bits per heavy atom. The van der Waals surface area contributed by atoms with Crippen molar-refractivity contribution in [1.29, 1.82) is 0 Å². The van der Waals surface area contributed by atoms with E-state index in [-0.39, 0.29) is 24.1 Å². The van der Waals surface area contributed by atoms with Crippen LogP contribution >= 0.6 is 0 Å². The molecule has 0 aromatic rings. The highest BCUT2D eigenvalue weighted by atomic mass is 16.6. The highest BCUT2D eigenvalue weighted by Crippen LogP contribution is 2.25. The Kier molecular flexibility index (Phi) is 8.31. The quantitative estimate of drug-likeness (QED) is 0.637. The van der Waals surface area contributed by atoms with Gasteiger partial charge >= 0.3 is 11.9 Å². The Morgan fingerprint density at radius 2 is 1.25 bits per heavy atom. The van der Waals surface area contributed by atoms with Crippen LogP contribution in [0.15, 0.2) is 0 Å². The summed E-state index contributed by atoms with van der Waals surface area (Å²) in [6.07, 6.45) is 7.81. The number of esters is 2. The second-order valence-electron chi connectivity index (χ2n) is 5.55. The van der Waals surface area contributed by atoms with Crippen LogP contribution in [0.1, 0.15) is 78.1 Å². The van der Waals surface area contributed by atoms with Crippen LogP contribution in [0.3, 0.4) is 0 Å². The number of carbonyl (C=O) groups is 2. The van der Waals surface area contributed by atoms with E-state index in [2.05, 4.69) is 0 Å². The Morgan fingerprint density at radius 1 is 0.850 bits per heavy atom. The first-order valence-electron chi connectivity index (χ1n) is 8.06. The maximum atomic E-state index is 11.7. The molecule has 1 rings (SSSR count). The lowest BCUT2D eigenvalue weighted by atomic mass is 9.94. The van der Waals surface area contributed by atoms with Gasteiger partial charge < -0.3 is 9.47 Å². The van der Waals surface area contributed by atoms with Crippen molar-refractivity contribution in [3.05, 3.63) is 0 Å². The Bertz CT molecular complexity index is 271. The number of ether oxygens (including phenoxy) is 2. The molecule has 0 aromatic heterocycles. The van der Waals surface area contributed by atoms with Gasteiger partial charge in [0.1, 0.15) is 12.2 Å². The van der Waals surface area contributed by atoms with Gasteiger partial charge in [0.25, 0.3) is 0 Å². The lowest BCUT2D eigenvalue weighted by Crippen LogP contribution is -2.37. The van der Waals surface area contributed by atoms with E-state index in [0.29, 0.717) is 12.8 Å². The van der Waals surface area contributed by atoms with Crippen LogP contribution in [0.25, 0.3) is 0 Å². The largest absolute Gasteiger partial charge is 0.458 e. The molecule has 0 N–H and O–H groups in total. The monoisotopic (exact) mass is 284 g/mol. The third kappa shape index (κ3) is 6.40. The average molecular weight is 284 g/mol. The molecular formula is C16H28O4. The van der Waals surface area contributed by atoms with Gasteiger partial charge in [-0.3, -0.25) is 9.59 Å². The molecule has 1 aliphatic rings. The zero-order valence-electron chi connectivity index (χ0n) is 12.9. The van der Waals surface area contributed by atoms with Crippen molar-refractivity contribution < 1.29 is 19.1 Å². The van der Waals surface area contributed by atoms with Gasteiger partial charge in [0.15, 0.2) is 0 Å². The van der Waals surface area contributed by atoms with Gasteiger partial charge in [-0.15, -0.1) is 0 Å². The molecule has 0 aliphatic heterocycles. The highest BCUT2D eigenvalue weighted by Gasteiger charge is 2.31. The van der Waals surface area contributed by atoms with Crippen LogP contribution in [0.5, 0.6) is 0 Å². The summed E-state index contributed by atoms with van der Waals surface area (Å²) >= 11 is 0. The number of rotatable bonds is 8. The van der Waals surface area contributed by atoms with Crippen LogP contribution in [-0.2, 0) is 19.1 Å². The van der Waals surface area contributed by atoms with Crippen LogP contribution in [0.4, 0.5) is 0 Å². The van der Waals surface area contributed by atoms with Gasteiger partial charge in [-0.1, -0.05) is 26.7 Å². The zero-order chi connectivity index (χ0) is 14.8. The van der Waals surface area contributed by atoms with Gasteiger partial charge in [0, 0.05) is 12.8 Å². The van der Waals surface area contributed by atoms with E-state index in [0.717, 1.165) is 51.4 Å². The first kappa shape index (κ1) is 17.0. The fourth-order valence-corrected chi connectivity index (χ4v) is 2.43. The molecule has 116 valence electrons. The van der Waals surface area contributed by atoms with E-state index in [1.807, 2.05) is 13.8 Å². The third-order valence-electron chi connectivity index (χ3n) is 3.68. The summed E-state index contributed by atoms with van der Waals surface area (Å²) in [6, 6.07) is 0. The van der Waals surface area contributed by atoms with E-state index in [9.17, 15) is 9.59 Å². The molecule has 4 heteroatoms. The fraction of sp³-hybridized carbons (Fsp3) is 0.875. The second kappa shape index (κ2) is 9.78. The van der Waals surface area contributed by atoms with E-state index in [1.54, 1.807) is 0 Å². The predicted octanol–water partition coefficient (Wildman–Crippen LogP) is 3.76. The molecule has 2 atom stereocenters. The summed E-state index contributed by atoms with van der Waals surface area (Å²) in [4.78, 5) is 23.4. The lowest BCUT2D eigenvalue weighted by Gasteiger charge is -2.30. The molecule has 4 nitrogen and oxygen atoms in total. The van der Waals surface area contributed by atoms with Crippen molar-refractivity contribution in [3.63, 3.8) is 0 Å². The van der Waals surface area contributed by atoms with Crippen LogP contribution in [0.2, 0.25) is 0 Å². The van der Waals surface area contributed by atoms with E-state index in [4.69, 9.17) is 9.47 Å². The van der Waals surface area contributed by atoms with Crippen molar-refractivity contribution in [1.82, 2.24) is 0 Å². The zero-order valence-corrected chi connectivity index (χ0v) is 12.9. The van der Waals surface area contributed by atoms with Crippen LogP contribution < -0.4 is 0 Å². The van der Waals surface area contributed by atoms with Crippen molar-refractivity contribution in [3.8, 4) is 0 Å². The molecule has 1 aliphatic carbocycles. The molecule has 0 heterocycles. The van der Waals surface area contributed by atoms with Crippen LogP contribution in [-0.4, -0.2) is 24.1 Å². The van der Waals surface area contributed by atoms with Crippen LogP contribution in [0, 0.1) is 0 Å². The Labute approximate surface area is 122 Å². The molecule has 0 bridgehead atoms. The highest BCUT2D eigenvalue weighted by molar-refractivity contribution is 5.70. The third-order valence-corrected chi connectivity index (χ3v) is 3.68. The molecule has 0 amide bonds. The number of hydrogen-bond donors (Lipinski definition) is 0. The number of hydrogen-bond acceptors (Lipinski definition) is 4. The maximum Gasteiger partial charge on any atom is 0.306 e. The van der Waals surface area contributed by atoms with Crippen molar-refractivity contribution in [2.45, 2.75) is 90.3 Å². The summed E-state index contributed by atoms with van der Waals surface area (Å²) in [5.41, 5.74) is 0. The van der Waals surface area contributed by atoms with Gasteiger partial charge in [-0.25, -0.2) is 0 Å². The van der Waals surface area contributed by atoms with Crippen molar-refractivity contribution in [2.75, 3.05) is 0 Å². The Hall–Kier alpha value is -1.06. The summed E-state index contributed by atoms with van der Waals surface area (Å²) in [5.74, 6) is -0.318. The summed E-state index contributed by atoms with van der Waals surface area (Å²) in [6.45, 7) is 4.10. The predicted molar refractivity (Wildman–Crippen MR) is 77.3 cm³/mol. The first-order valence-corrected chi connectivity index (χ1v) is 8.06. The lowest BCUT2D eigenvalue weighted by molar-refractivity contribution is -0.171. The molecule has 2 unspecified atom stereocenters. The van der Waals surface area contributed by atoms with Gasteiger partial charge in [-0.2, -0.15) is 0 Å². The SMILES string of the molecule is CCCCC(=O)OC1CCCCC1OC(=O)CCCC. The minimum absolute atomic E-state index is 0.159. The molecule has 0 aromatic carbocycles. The van der Waals surface area contributed by atoms with Crippen molar-refractivity contribution >= 4 is 11.9 Å². The van der Waals surface area contributed by atoms with Gasteiger partial charge in [0.05, 0.1) is 0 Å². The number of unbranched alkanes of at least 4 members (excludes halogenated alkanes) is 2. The second-order valence-corrected chi connectivity index (χ2v) is 5.55. The van der Waals surface area contributed by atoms with E-state index >= 15 is 0 Å². The normalized spacial score (nSPS) is 22.3. The molecule has 0 saturated heterocycles. The molecule has 0 radical (unpaired) electrons. The fourth-order valence-electron chi connectivity index (χ4n) is 2.43. The maximum absolute atomic E-state index is 11.7. The molecular weight excluding hydrogens is 256 g/mol. The topological polar surface area (TPSA) is 52.6 Å². The Balaban J connectivity index is 2.41. The summed E-state index contributed by atoms with van der Waals surface area (Å²) < 4.78 is 11.0. The van der Waals surface area contributed by atoms with E-state index in [1.165, 1.54) is 0 Å². The standard InChI is InChI=1S/C16H28O4/c1-3-5-11-15(17)19-13-9-7-8-10-14(13)20-16(18)12-6-4-2/h13-14H,3-12H2,1-2H3. The van der Waals surface area contributed by atoms with E-state index < -0.39 is 0 Å². The molecule has 1 saturated carbocycles. The first-order chi connectivity index (χ1) is 9.67. The number of carbonyl (C=O) groups excluding carboxylic acids is 2. The minimum atomic E-state index is -0.237. The molecule has 0 spiro atoms. The summed E-state index contributed by atoms with van der Waals surface area (Å²) in [5, 5.41) is 0. The van der Waals surface area contributed by atoms with Gasteiger partial charge in [0.2, 0.25) is 0 Å². The molecule has 1 fully saturated rings. The average Bonchev–Trinajstić information content (AvgIpc) is 2.45. The minimum Gasteiger partial charge on any atom is -0.458 e. The van der Waals surface area contributed by atoms with Gasteiger partial charge in [-0.05, 0) is 38.5 Å².